The molecule has 0 aliphatic carbocycles. The van der Waals surface area contributed by atoms with Crippen molar-refractivity contribution in [3.63, 3.8) is 0 Å². The average Bonchev–Trinajstić information content (AvgIpc) is 1.08. The zero-order chi connectivity index (χ0) is 106. The summed E-state index contributed by atoms with van der Waals surface area (Å²) in [7, 11) is 0. The minimum atomic E-state index is 1.75. The van der Waals surface area contributed by atoms with Crippen molar-refractivity contribution in [2.75, 3.05) is 0 Å². The van der Waals surface area contributed by atoms with E-state index in [2.05, 4.69) is 6.58 Å². The highest BCUT2D eigenvalue weighted by Gasteiger charge is 1.79. The second kappa shape index (κ2) is 129. The summed E-state index contributed by atoms with van der Waals surface area (Å²) in [5, 5.41) is 0. The molecule has 0 aliphatic rings. The summed E-state index contributed by atoms with van der Waals surface area (Å²) < 4.78 is 0. The Labute approximate surface area is 900 Å². The minimum absolute atomic E-state index is 1.75. The van der Waals surface area contributed by atoms with Gasteiger partial charge in [0, 0.05) is 0 Å². The maximum atomic E-state index is 3.64. The van der Waals surface area contributed by atoms with Crippen LogP contribution >= 0.6 is 0 Å². The molecular formula is C149H152. The Kier molecular flexibility index (Phi) is 112. The van der Waals surface area contributed by atoms with E-state index in [1.807, 2.05) is 894 Å². The number of rotatable bonds is 73. The van der Waals surface area contributed by atoms with E-state index in [-0.39, 0.29) is 0 Å². The second-order valence-corrected chi connectivity index (χ2v) is 28.5. The SMILES string of the molecule is C=CC=CC=CC=CC=CC=CC=CC=CC=CC=CC=CC=CC=CC=CC=CC=CC=CC=CC=CC=CC=CC=CC=CC=CC=CC=CC=CC=CC=CC=CC=CC=CC=CC=CC=CC=CC=CC=CC=CC=CC=CC=CC=CC=CC=CC=CC=CC=CC=CC=CC=CC=CC=CC=CC=CC=CC=CC=CC=CC=CC=CC=CC=CC=CC=CC=CC=CC=CC=CC=CC=CC=CC=CC=CC. The lowest BCUT2D eigenvalue weighted by Crippen LogP contribution is -1.55. The average molecular weight is 1940 g/mol. The molecule has 0 fully saturated rings. The molecule has 0 nitrogen and oxygen atoms in total. The van der Waals surface area contributed by atoms with Crippen LogP contribution in [0.2, 0.25) is 0 Å². The lowest BCUT2D eigenvalue weighted by Gasteiger charge is -1.77. The first-order chi connectivity index (χ1) is 74.4. The Morgan fingerprint density at radius 3 is 0.121 bits per heavy atom. The smallest absolute Gasteiger partial charge is 0.0467 e. The van der Waals surface area contributed by atoms with Gasteiger partial charge in [0.2, 0.25) is 0 Å². The van der Waals surface area contributed by atoms with Crippen LogP contribution in [0.4, 0.5) is 0 Å². The Balaban J connectivity index is 4.14. The molecule has 0 N–H and O–H groups in total. The zero-order valence-electron chi connectivity index (χ0n) is 86.6. The van der Waals surface area contributed by atoms with Gasteiger partial charge in [0.1, 0.15) is 0 Å². The van der Waals surface area contributed by atoms with Crippen molar-refractivity contribution in [3.05, 3.63) is 900 Å². The fraction of sp³-hybridized carbons (Fsp3) is 0.00671. The summed E-state index contributed by atoms with van der Waals surface area (Å²) in [6, 6.07) is 0. The molecule has 0 heterocycles. The molecule has 0 unspecified atom stereocenters. The van der Waals surface area contributed by atoms with Crippen LogP contribution in [0.5, 0.6) is 0 Å². The molecule has 0 aromatic carbocycles. The lowest BCUT2D eigenvalue weighted by molar-refractivity contribution is 1.73. The molecule has 0 heteroatoms. The van der Waals surface area contributed by atoms with Crippen LogP contribution in [0.3, 0.4) is 0 Å². The van der Waals surface area contributed by atoms with Gasteiger partial charge >= 0.3 is 0 Å². The van der Waals surface area contributed by atoms with Gasteiger partial charge in [-0.25, -0.2) is 0 Å². The Morgan fingerprint density at radius 1 is 0.0537 bits per heavy atom. The summed E-state index contributed by atoms with van der Waals surface area (Å²) in [5.74, 6) is 0. The van der Waals surface area contributed by atoms with E-state index in [9.17, 15) is 0 Å². The van der Waals surface area contributed by atoms with Crippen molar-refractivity contribution < 1.29 is 0 Å². The Morgan fingerprint density at radius 2 is 0.0872 bits per heavy atom. The van der Waals surface area contributed by atoms with Crippen LogP contribution in [0.25, 0.3) is 0 Å². The standard InChI is InChI=1S/C149H152/c1-3-5-7-9-11-13-15-17-19-21-23-25-27-29-31-33-35-37-39-41-43-45-47-49-51-53-55-57-59-61-63-65-67-69-71-73-75-77-79-81-83-85-87-89-91-93-95-97-99-101-103-105-107-109-111-113-115-117-119-121-123-125-127-129-131-133-135-137-139-141-143-145-147-149-148-146-144-142-140-138-136-134-132-130-128-126-124-122-120-118-116-114-112-110-108-106-104-102-100-98-96-94-92-90-88-86-84-82-80-78-76-74-72-70-68-66-64-62-60-58-56-54-52-50-48-46-44-42-40-38-36-34-32-30-28-26-24-22-20-18-16-14-12-10-8-6-4-2/h3-149H,1H2,2H3. The maximum Gasteiger partial charge on any atom is -0.0467 e. The van der Waals surface area contributed by atoms with Crippen molar-refractivity contribution >= 4 is 0 Å². The molecule has 0 amide bonds. The minimum Gasteiger partial charge on any atom is -0.0991 e. The molecule has 0 rings (SSSR count). The molecule has 0 saturated carbocycles. The third kappa shape index (κ3) is 129. The molecular weight excluding hydrogens is 1790 g/mol. The van der Waals surface area contributed by atoms with Crippen LogP contribution < -0.4 is 0 Å². The van der Waals surface area contributed by atoms with Crippen LogP contribution in [-0.4, -0.2) is 0 Å². The summed E-state index contributed by atoms with van der Waals surface area (Å²) in [4.78, 5) is 0. The van der Waals surface area contributed by atoms with Crippen molar-refractivity contribution in [3.8, 4) is 0 Å². The molecule has 0 saturated heterocycles. The van der Waals surface area contributed by atoms with Crippen molar-refractivity contribution in [1.29, 1.82) is 0 Å². The van der Waals surface area contributed by atoms with E-state index in [1.54, 1.807) is 6.08 Å². The second-order valence-electron chi connectivity index (χ2n) is 28.5. The first kappa shape index (κ1) is 130. The fourth-order valence-electron chi connectivity index (χ4n) is 9.36. The first-order valence-corrected chi connectivity index (χ1v) is 49.7. The Bertz CT molecular complexity index is 5310. The van der Waals surface area contributed by atoms with Gasteiger partial charge in [-0.2, -0.15) is 0 Å². The van der Waals surface area contributed by atoms with Crippen molar-refractivity contribution in [1.82, 2.24) is 0 Å². The third-order valence-corrected chi connectivity index (χ3v) is 16.3. The zero-order valence-corrected chi connectivity index (χ0v) is 86.6. The predicted molar refractivity (Wildman–Crippen MR) is 683 cm³/mol. The number of hydrogen-bond donors (Lipinski definition) is 0. The molecule has 0 radical (unpaired) electrons. The van der Waals surface area contributed by atoms with E-state index in [0.717, 1.165) is 0 Å². The van der Waals surface area contributed by atoms with Gasteiger partial charge in [-0.15, -0.1) is 0 Å². The highest BCUT2D eigenvalue weighted by atomic mass is 13.9. The maximum absolute atomic E-state index is 3.64. The van der Waals surface area contributed by atoms with Crippen LogP contribution in [0.15, 0.2) is 900 Å². The van der Waals surface area contributed by atoms with E-state index in [0.29, 0.717) is 0 Å². The fourth-order valence-corrected chi connectivity index (χ4v) is 9.36. The summed E-state index contributed by atoms with van der Waals surface area (Å²) >= 11 is 0. The van der Waals surface area contributed by atoms with Crippen LogP contribution in [-0.2, 0) is 0 Å². The van der Waals surface area contributed by atoms with Gasteiger partial charge < -0.3 is 0 Å². The van der Waals surface area contributed by atoms with E-state index >= 15 is 0 Å². The molecule has 0 spiro atoms. The van der Waals surface area contributed by atoms with Gasteiger partial charge in [0.05, 0.1) is 0 Å². The van der Waals surface area contributed by atoms with E-state index in [1.165, 1.54) is 0 Å². The van der Waals surface area contributed by atoms with Crippen LogP contribution in [0.1, 0.15) is 6.92 Å². The normalized spacial score (nSPS) is 15.8. The predicted octanol–water partition coefficient (Wildman–Crippen LogP) is 41.8. The summed E-state index contributed by atoms with van der Waals surface area (Å²) in [6.45, 7) is 5.64. The number of allylic oxidation sites excluding steroid dienone is 147. The molecule has 748 valence electrons. The quantitative estimate of drug-likeness (QED) is 0.0533. The number of hydrogen-bond acceptors (Lipinski definition) is 0. The first-order valence-electron chi connectivity index (χ1n) is 49.7. The van der Waals surface area contributed by atoms with Crippen LogP contribution in [0, 0.1) is 0 Å². The topological polar surface area (TPSA) is 0 Å². The lowest BCUT2D eigenvalue weighted by atomic mass is 10.3. The highest BCUT2D eigenvalue weighted by Crippen LogP contribution is 2.00. The van der Waals surface area contributed by atoms with E-state index < -0.39 is 0 Å². The molecule has 0 aromatic heterocycles. The van der Waals surface area contributed by atoms with Gasteiger partial charge in [-0.3, -0.25) is 0 Å². The molecule has 0 atom stereocenters. The molecule has 0 aromatic rings. The largest absolute Gasteiger partial charge is 0.0991 e. The van der Waals surface area contributed by atoms with Gasteiger partial charge in [0.25, 0.3) is 0 Å². The summed E-state index contributed by atoms with van der Waals surface area (Å²) in [6.07, 6.45) is 293. The molecule has 0 aliphatic heterocycles. The van der Waals surface area contributed by atoms with E-state index in [4.69, 9.17) is 0 Å². The van der Waals surface area contributed by atoms with Crippen molar-refractivity contribution in [2.45, 2.75) is 6.92 Å². The highest BCUT2D eigenvalue weighted by molar-refractivity contribution is 5.36. The summed E-state index contributed by atoms with van der Waals surface area (Å²) in [5.41, 5.74) is 0. The van der Waals surface area contributed by atoms with Gasteiger partial charge in [-0.1, -0.05) is 900 Å². The van der Waals surface area contributed by atoms with Gasteiger partial charge in [-0.05, 0) is 6.92 Å². The third-order valence-electron chi connectivity index (χ3n) is 16.3. The monoisotopic (exact) mass is 1940 g/mol. The Hall–Kier alpha value is -19.2. The van der Waals surface area contributed by atoms with Gasteiger partial charge in [0.15, 0.2) is 0 Å². The van der Waals surface area contributed by atoms with Crippen molar-refractivity contribution in [2.24, 2.45) is 0 Å². The molecule has 0 bridgehead atoms. The molecule has 149 heavy (non-hydrogen) atoms.